The lowest BCUT2D eigenvalue weighted by molar-refractivity contribution is 0.101. The number of ketones is 1. The van der Waals surface area contributed by atoms with E-state index in [0.29, 0.717) is 6.42 Å². The van der Waals surface area contributed by atoms with Crippen molar-refractivity contribution in [2.45, 2.75) is 20.3 Å². The van der Waals surface area contributed by atoms with Gasteiger partial charge in [0.25, 0.3) is 0 Å². The minimum absolute atomic E-state index is 0.181. The fraction of sp³-hybridized carbons (Fsp3) is 0.364. The van der Waals surface area contributed by atoms with Crippen molar-refractivity contribution >= 4 is 21.5 Å². The number of benzene rings is 1. The highest BCUT2D eigenvalue weighted by Gasteiger charge is 2.20. The minimum Gasteiger partial charge on any atom is -0.294 e. The zero-order chi connectivity index (χ0) is 13.9. The van der Waals surface area contributed by atoms with Crippen LogP contribution in [0.4, 0.5) is 14.5 Å². The Morgan fingerprint density at radius 1 is 1.33 bits per heavy atom. The molecule has 0 aromatic heterocycles. The molecule has 0 radical (unpaired) electrons. The molecule has 0 amide bonds. The Kier molecular flexibility index (Phi) is 4.39. The Morgan fingerprint density at radius 2 is 1.94 bits per heavy atom. The monoisotopic (exact) mass is 277 g/mol. The number of rotatable bonds is 5. The third-order valence-electron chi connectivity index (χ3n) is 2.18. The van der Waals surface area contributed by atoms with Crippen LogP contribution in [-0.4, -0.2) is 20.0 Å². The number of nitrogens with one attached hydrogen (secondary N) is 1. The molecule has 0 fully saturated rings. The predicted octanol–water partition coefficient (Wildman–Crippen LogP) is 2.32. The van der Waals surface area contributed by atoms with Gasteiger partial charge in [-0.3, -0.25) is 9.52 Å². The first-order valence-electron chi connectivity index (χ1n) is 5.28. The normalized spacial score (nSPS) is 11.3. The van der Waals surface area contributed by atoms with Crippen LogP contribution in [-0.2, 0) is 10.0 Å². The SMILES string of the molecule is CCCS(=O)(=O)Nc1ccc(F)c(C(C)=O)c1F. The Morgan fingerprint density at radius 3 is 2.44 bits per heavy atom. The van der Waals surface area contributed by atoms with Crippen molar-refractivity contribution in [2.75, 3.05) is 10.5 Å². The molecule has 0 spiro atoms. The first-order chi connectivity index (χ1) is 8.28. The Balaban J connectivity index is 3.21. The van der Waals surface area contributed by atoms with Gasteiger partial charge in [-0.1, -0.05) is 6.92 Å². The first kappa shape index (κ1) is 14.6. The third kappa shape index (κ3) is 3.25. The van der Waals surface area contributed by atoms with Crippen LogP contribution in [0.3, 0.4) is 0 Å². The number of carbonyl (C=O) groups excluding carboxylic acids is 1. The molecule has 4 nitrogen and oxygen atoms in total. The molecule has 0 saturated carbocycles. The van der Waals surface area contributed by atoms with Crippen molar-refractivity contribution < 1.29 is 22.0 Å². The summed E-state index contributed by atoms with van der Waals surface area (Å²) in [4.78, 5) is 11.1. The summed E-state index contributed by atoms with van der Waals surface area (Å²) in [6.45, 7) is 2.66. The van der Waals surface area contributed by atoms with Gasteiger partial charge in [-0.15, -0.1) is 0 Å². The highest BCUT2D eigenvalue weighted by atomic mass is 32.2. The molecule has 100 valence electrons. The molecule has 0 saturated heterocycles. The highest BCUT2D eigenvalue weighted by molar-refractivity contribution is 7.92. The molecule has 1 aromatic rings. The van der Waals surface area contributed by atoms with Crippen molar-refractivity contribution in [3.63, 3.8) is 0 Å². The predicted molar refractivity (Wildman–Crippen MR) is 64.1 cm³/mol. The summed E-state index contributed by atoms with van der Waals surface area (Å²) < 4.78 is 51.9. The van der Waals surface area contributed by atoms with Crippen molar-refractivity contribution in [2.24, 2.45) is 0 Å². The van der Waals surface area contributed by atoms with Gasteiger partial charge < -0.3 is 0 Å². The maximum atomic E-state index is 13.8. The lowest BCUT2D eigenvalue weighted by atomic mass is 10.1. The van der Waals surface area contributed by atoms with Crippen LogP contribution in [0, 0.1) is 11.6 Å². The fourth-order valence-electron chi connectivity index (χ4n) is 1.44. The van der Waals surface area contributed by atoms with Gasteiger partial charge >= 0.3 is 0 Å². The van der Waals surface area contributed by atoms with Gasteiger partial charge in [0.1, 0.15) is 5.82 Å². The third-order valence-corrected chi connectivity index (χ3v) is 3.66. The lowest BCUT2D eigenvalue weighted by Crippen LogP contribution is -2.18. The smallest absolute Gasteiger partial charge is 0.232 e. The van der Waals surface area contributed by atoms with Crippen LogP contribution in [0.1, 0.15) is 30.6 Å². The average Bonchev–Trinajstić information content (AvgIpc) is 2.21. The van der Waals surface area contributed by atoms with E-state index in [1.807, 2.05) is 4.72 Å². The number of Topliss-reactive ketones (excluding diaryl/α,β-unsaturated/α-hetero) is 1. The quantitative estimate of drug-likeness (QED) is 0.840. The number of carbonyl (C=O) groups is 1. The van der Waals surface area contributed by atoms with E-state index in [4.69, 9.17) is 0 Å². The summed E-state index contributed by atoms with van der Waals surface area (Å²) in [6, 6.07) is 1.80. The van der Waals surface area contributed by atoms with Gasteiger partial charge in [0, 0.05) is 0 Å². The van der Waals surface area contributed by atoms with Gasteiger partial charge in [0.2, 0.25) is 10.0 Å². The minimum atomic E-state index is -3.69. The zero-order valence-electron chi connectivity index (χ0n) is 9.96. The Bertz CT molecular complexity index is 570. The van der Waals surface area contributed by atoms with Crippen LogP contribution < -0.4 is 4.72 Å². The van der Waals surface area contributed by atoms with E-state index in [0.717, 1.165) is 19.1 Å². The second-order valence-corrected chi connectivity index (χ2v) is 5.60. The molecule has 1 rings (SSSR count). The van der Waals surface area contributed by atoms with Crippen molar-refractivity contribution in [1.29, 1.82) is 0 Å². The van der Waals surface area contributed by atoms with Crippen LogP contribution in [0.15, 0.2) is 12.1 Å². The standard InChI is InChI=1S/C11H13F2NO3S/c1-3-6-18(16,17)14-9-5-4-8(12)10(7(2)15)11(9)13/h4-5,14H,3,6H2,1-2H3. The van der Waals surface area contributed by atoms with Crippen molar-refractivity contribution in [1.82, 2.24) is 0 Å². The molecule has 0 unspecified atom stereocenters. The molecule has 7 heteroatoms. The van der Waals surface area contributed by atoms with E-state index in [9.17, 15) is 22.0 Å². The topological polar surface area (TPSA) is 63.2 Å². The summed E-state index contributed by atoms with van der Waals surface area (Å²) >= 11 is 0. The van der Waals surface area contributed by atoms with Gasteiger partial charge in [-0.25, -0.2) is 17.2 Å². The molecule has 0 aliphatic carbocycles. The van der Waals surface area contributed by atoms with E-state index in [1.54, 1.807) is 6.92 Å². The molecule has 18 heavy (non-hydrogen) atoms. The molecular weight excluding hydrogens is 264 g/mol. The molecule has 0 heterocycles. The number of sulfonamides is 1. The highest BCUT2D eigenvalue weighted by Crippen LogP contribution is 2.22. The van der Waals surface area contributed by atoms with Crippen molar-refractivity contribution in [3.05, 3.63) is 29.3 Å². The van der Waals surface area contributed by atoms with Crippen LogP contribution in [0.2, 0.25) is 0 Å². The van der Waals surface area contributed by atoms with E-state index < -0.39 is 38.7 Å². The van der Waals surface area contributed by atoms with Crippen LogP contribution in [0.25, 0.3) is 0 Å². The lowest BCUT2D eigenvalue weighted by Gasteiger charge is -2.10. The molecular formula is C11H13F2NO3S. The number of halogens is 2. The van der Waals surface area contributed by atoms with Gasteiger partial charge in [-0.05, 0) is 25.5 Å². The Labute approximate surface area is 104 Å². The molecule has 0 aliphatic heterocycles. The molecule has 0 bridgehead atoms. The number of hydrogen-bond acceptors (Lipinski definition) is 3. The maximum absolute atomic E-state index is 13.8. The number of anilines is 1. The second-order valence-electron chi connectivity index (χ2n) is 3.76. The fourth-order valence-corrected chi connectivity index (χ4v) is 2.57. The summed E-state index contributed by atoms with van der Waals surface area (Å²) in [5.41, 5.74) is -1.17. The first-order valence-corrected chi connectivity index (χ1v) is 6.93. The van der Waals surface area contributed by atoms with E-state index in [-0.39, 0.29) is 5.75 Å². The van der Waals surface area contributed by atoms with Crippen molar-refractivity contribution in [3.8, 4) is 0 Å². The molecule has 1 N–H and O–H groups in total. The van der Waals surface area contributed by atoms with E-state index in [1.165, 1.54) is 0 Å². The van der Waals surface area contributed by atoms with Gasteiger partial charge in [0.05, 0.1) is 17.0 Å². The van der Waals surface area contributed by atoms with Gasteiger partial charge in [0.15, 0.2) is 11.6 Å². The van der Waals surface area contributed by atoms with Crippen LogP contribution >= 0.6 is 0 Å². The molecule has 0 aliphatic rings. The summed E-state index contributed by atoms with van der Waals surface area (Å²) in [7, 11) is -3.69. The summed E-state index contributed by atoms with van der Waals surface area (Å²) in [5, 5.41) is 0. The van der Waals surface area contributed by atoms with E-state index in [2.05, 4.69) is 0 Å². The summed E-state index contributed by atoms with van der Waals surface area (Å²) in [6.07, 6.45) is 0.359. The zero-order valence-corrected chi connectivity index (χ0v) is 10.8. The maximum Gasteiger partial charge on any atom is 0.232 e. The molecule has 1 aromatic carbocycles. The van der Waals surface area contributed by atoms with Gasteiger partial charge in [-0.2, -0.15) is 0 Å². The molecule has 0 atom stereocenters. The van der Waals surface area contributed by atoms with Crippen LogP contribution in [0.5, 0.6) is 0 Å². The van der Waals surface area contributed by atoms with E-state index >= 15 is 0 Å². The number of hydrogen-bond donors (Lipinski definition) is 1. The summed E-state index contributed by atoms with van der Waals surface area (Å²) in [5.74, 6) is -3.19. The largest absolute Gasteiger partial charge is 0.294 e. The average molecular weight is 277 g/mol. The second kappa shape index (κ2) is 5.43. The Hall–Kier alpha value is -1.50.